The average Bonchev–Trinajstić information content (AvgIpc) is 2.94. The molecule has 1 fully saturated rings. The van der Waals surface area contributed by atoms with Crippen molar-refractivity contribution in [2.24, 2.45) is 5.92 Å². The topological polar surface area (TPSA) is 78.5 Å². The molecule has 2 rings (SSSR count). The summed E-state index contributed by atoms with van der Waals surface area (Å²) in [5.74, 6) is -0.129. The highest BCUT2D eigenvalue weighted by Crippen LogP contribution is 2.18. The van der Waals surface area contributed by atoms with Gasteiger partial charge in [0.15, 0.2) is 0 Å². The van der Waals surface area contributed by atoms with Crippen molar-refractivity contribution < 1.29 is 14.4 Å². The minimum absolute atomic E-state index is 0.127. The van der Waals surface area contributed by atoms with Crippen molar-refractivity contribution >= 4 is 23.4 Å². The van der Waals surface area contributed by atoms with Gasteiger partial charge >= 0.3 is 0 Å². The van der Waals surface area contributed by atoms with E-state index < -0.39 is 0 Å². The maximum Gasteiger partial charge on any atom is 0.247 e. The highest BCUT2D eigenvalue weighted by atomic mass is 16.2. The standard InChI is InChI=1S/C18H23N3O3/c1-3-16(22)20-15-8-6-5-7-14(15)10-17(23)19-11-13-9-18(24)21(4-2)12-13/h3,5-8,13H,1,4,9-12H2,2H3,(H,19,23)(H,20,22). The number of nitrogens with one attached hydrogen (secondary N) is 2. The smallest absolute Gasteiger partial charge is 0.247 e. The van der Waals surface area contributed by atoms with Crippen molar-refractivity contribution in [1.82, 2.24) is 10.2 Å². The number of nitrogens with zero attached hydrogens (tertiary/aromatic N) is 1. The van der Waals surface area contributed by atoms with Gasteiger partial charge in [0.2, 0.25) is 17.7 Å². The second kappa shape index (κ2) is 8.29. The van der Waals surface area contributed by atoms with E-state index in [-0.39, 0.29) is 30.1 Å². The molecule has 6 nitrogen and oxygen atoms in total. The van der Waals surface area contributed by atoms with Crippen molar-refractivity contribution in [3.8, 4) is 0 Å². The summed E-state index contributed by atoms with van der Waals surface area (Å²) in [5.41, 5.74) is 1.34. The van der Waals surface area contributed by atoms with Crippen LogP contribution in [0.25, 0.3) is 0 Å². The molecule has 1 atom stereocenters. The molecule has 0 radical (unpaired) electrons. The Labute approximate surface area is 141 Å². The number of para-hydroxylation sites is 1. The molecule has 1 aliphatic heterocycles. The molecule has 0 aromatic heterocycles. The molecule has 3 amide bonds. The fraction of sp³-hybridized carbons (Fsp3) is 0.389. The Kier molecular flexibility index (Phi) is 6.12. The highest BCUT2D eigenvalue weighted by molar-refractivity contribution is 5.99. The molecule has 0 spiro atoms. The van der Waals surface area contributed by atoms with Gasteiger partial charge in [-0.1, -0.05) is 24.8 Å². The van der Waals surface area contributed by atoms with E-state index in [0.29, 0.717) is 31.7 Å². The normalized spacial score (nSPS) is 16.8. The third-order valence-electron chi connectivity index (χ3n) is 4.08. The average molecular weight is 329 g/mol. The summed E-state index contributed by atoms with van der Waals surface area (Å²) >= 11 is 0. The zero-order chi connectivity index (χ0) is 17.5. The molecular formula is C18H23N3O3. The van der Waals surface area contributed by atoms with E-state index in [2.05, 4.69) is 17.2 Å². The highest BCUT2D eigenvalue weighted by Gasteiger charge is 2.28. The second-order valence-electron chi connectivity index (χ2n) is 5.83. The Morgan fingerprint density at radius 1 is 1.38 bits per heavy atom. The molecular weight excluding hydrogens is 306 g/mol. The zero-order valence-electron chi connectivity index (χ0n) is 13.9. The zero-order valence-corrected chi connectivity index (χ0v) is 13.9. The van der Waals surface area contributed by atoms with Crippen LogP contribution in [0.15, 0.2) is 36.9 Å². The van der Waals surface area contributed by atoms with E-state index in [1.54, 1.807) is 23.1 Å². The number of amides is 3. The molecule has 1 unspecified atom stereocenters. The van der Waals surface area contributed by atoms with Crippen molar-refractivity contribution in [3.63, 3.8) is 0 Å². The van der Waals surface area contributed by atoms with Crippen LogP contribution in [0, 0.1) is 5.92 Å². The van der Waals surface area contributed by atoms with Gasteiger partial charge in [-0.2, -0.15) is 0 Å². The molecule has 24 heavy (non-hydrogen) atoms. The molecule has 6 heteroatoms. The number of anilines is 1. The lowest BCUT2D eigenvalue weighted by Crippen LogP contribution is -2.32. The minimum atomic E-state index is -0.313. The molecule has 0 saturated carbocycles. The first kappa shape index (κ1) is 17.7. The van der Waals surface area contributed by atoms with Gasteiger partial charge in [-0.25, -0.2) is 0 Å². The van der Waals surface area contributed by atoms with Crippen molar-refractivity contribution in [1.29, 1.82) is 0 Å². The van der Waals surface area contributed by atoms with E-state index in [4.69, 9.17) is 0 Å². The number of carbonyl (C=O) groups excluding carboxylic acids is 3. The number of hydrogen-bond donors (Lipinski definition) is 2. The quantitative estimate of drug-likeness (QED) is 0.741. The Bertz CT molecular complexity index is 642. The molecule has 1 aromatic carbocycles. The van der Waals surface area contributed by atoms with Crippen LogP contribution >= 0.6 is 0 Å². The number of likely N-dealkylation sites (tertiary alicyclic amines) is 1. The molecule has 0 bridgehead atoms. The number of hydrogen-bond acceptors (Lipinski definition) is 3. The fourth-order valence-electron chi connectivity index (χ4n) is 2.77. The minimum Gasteiger partial charge on any atom is -0.355 e. The van der Waals surface area contributed by atoms with Gasteiger partial charge in [0.25, 0.3) is 0 Å². The molecule has 1 aliphatic rings. The SMILES string of the molecule is C=CC(=O)Nc1ccccc1CC(=O)NCC1CC(=O)N(CC)C1. The van der Waals surface area contributed by atoms with Gasteiger partial charge in [0.05, 0.1) is 6.42 Å². The van der Waals surface area contributed by atoms with Crippen LogP contribution in [0.5, 0.6) is 0 Å². The second-order valence-corrected chi connectivity index (χ2v) is 5.83. The summed E-state index contributed by atoms with van der Waals surface area (Å²) in [6, 6.07) is 7.17. The lowest BCUT2D eigenvalue weighted by atomic mass is 10.1. The third kappa shape index (κ3) is 4.68. The molecule has 1 heterocycles. The van der Waals surface area contributed by atoms with Gasteiger partial charge in [0, 0.05) is 37.7 Å². The largest absolute Gasteiger partial charge is 0.355 e. The van der Waals surface area contributed by atoms with Crippen LogP contribution in [0.3, 0.4) is 0 Å². The summed E-state index contributed by atoms with van der Waals surface area (Å²) in [7, 11) is 0. The Morgan fingerprint density at radius 2 is 2.12 bits per heavy atom. The lowest BCUT2D eigenvalue weighted by molar-refractivity contribution is -0.127. The summed E-state index contributed by atoms with van der Waals surface area (Å²) in [6.07, 6.45) is 1.85. The number of carbonyl (C=O) groups is 3. The first-order valence-electron chi connectivity index (χ1n) is 8.09. The van der Waals surface area contributed by atoms with Crippen LogP contribution < -0.4 is 10.6 Å². The first-order valence-corrected chi connectivity index (χ1v) is 8.09. The van der Waals surface area contributed by atoms with Crippen LogP contribution in [0.1, 0.15) is 18.9 Å². The van der Waals surface area contributed by atoms with Crippen LogP contribution in [-0.2, 0) is 20.8 Å². The molecule has 1 aromatic rings. The van der Waals surface area contributed by atoms with Crippen LogP contribution in [-0.4, -0.2) is 42.3 Å². The van der Waals surface area contributed by atoms with E-state index in [1.165, 1.54) is 6.08 Å². The summed E-state index contributed by atoms with van der Waals surface area (Å²) in [4.78, 5) is 37.1. The van der Waals surface area contributed by atoms with E-state index in [0.717, 1.165) is 5.56 Å². The summed E-state index contributed by atoms with van der Waals surface area (Å²) in [5, 5.41) is 5.58. The van der Waals surface area contributed by atoms with Gasteiger partial charge in [-0.05, 0) is 24.6 Å². The number of benzene rings is 1. The molecule has 128 valence electrons. The first-order chi connectivity index (χ1) is 11.5. The predicted octanol–water partition coefficient (Wildman–Crippen LogP) is 1.34. The fourth-order valence-corrected chi connectivity index (χ4v) is 2.77. The lowest BCUT2D eigenvalue weighted by Gasteiger charge is -2.14. The maximum absolute atomic E-state index is 12.2. The van der Waals surface area contributed by atoms with E-state index in [1.807, 2.05) is 13.0 Å². The Hall–Kier alpha value is -2.63. The van der Waals surface area contributed by atoms with Gasteiger partial charge in [0.1, 0.15) is 0 Å². The summed E-state index contributed by atoms with van der Waals surface area (Å²) < 4.78 is 0. The van der Waals surface area contributed by atoms with Crippen LogP contribution in [0.4, 0.5) is 5.69 Å². The number of rotatable bonds is 7. The molecule has 2 N–H and O–H groups in total. The van der Waals surface area contributed by atoms with Gasteiger partial charge < -0.3 is 15.5 Å². The summed E-state index contributed by atoms with van der Waals surface area (Å²) in [6.45, 7) is 7.26. The van der Waals surface area contributed by atoms with Crippen molar-refractivity contribution in [3.05, 3.63) is 42.5 Å². The van der Waals surface area contributed by atoms with Gasteiger partial charge in [-0.15, -0.1) is 0 Å². The maximum atomic E-state index is 12.2. The third-order valence-corrected chi connectivity index (χ3v) is 4.08. The van der Waals surface area contributed by atoms with Crippen LogP contribution in [0.2, 0.25) is 0 Å². The van der Waals surface area contributed by atoms with Crippen molar-refractivity contribution in [2.75, 3.05) is 25.0 Å². The molecule has 0 aliphatic carbocycles. The monoisotopic (exact) mass is 329 g/mol. The van der Waals surface area contributed by atoms with Gasteiger partial charge in [-0.3, -0.25) is 14.4 Å². The Morgan fingerprint density at radius 3 is 2.79 bits per heavy atom. The Balaban J connectivity index is 1.88. The van der Waals surface area contributed by atoms with E-state index >= 15 is 0 Å². The van der Waals surface area contributed by atoms with Crippen molar-refractivity contribution in [2.45, 2.75) is 19.8 Å². The molecule has 1 saturated heterocycles. The predicted molar refractivity (Wildman–Crippen MR) is 92.3 cm³/mol. The van der Waals surface area contributed by atoms with E-state index in [9.17, 15) is 14.4 Å².